The lowest BCUT2D eigenvalue weighted by atomic mass is 10.3. The molecule has 14 nitrogen and oxygen atoms in total. The molecule has 0 aliphatic carbocycles. The summed E-state index contributed by atoms with van der Waals surface area (Å²) < 4.78 is 70.4. The fraction of sp³-hybridized carbons (Fsp3) is 0.417. The fourth-order valence-corrected chi connectivity index (χ4v) is 4.01. The highest BCUT2D eigenvalue weighted by molar-refractivity contribution is 7.48. The fourth-order valence-electron chi connectivity index (χ4n) is 2.33. The summed E-state index contributed by atoms with van der Waals surface area (Å²) in [5.41, 5.74) is 0. The summed E-state index contributed by atoms with van der Waals surface area (Å²) in [6.07, 6.45) is 0. The lowest BCUT2D eigenvalue weighted by Crippen LogP contribution is -2.17. The second-order valence-corrected chi connectivity index (χ2v) is 10.5. The van der Waals surface area contributed by atoms with E-state index in [4.69, 9.17) is 88.4 Å². The maximum atomic E-state index is 13.3. The Hall–Kier alpha value is -2.46. The topological polar surface area (TPSA) is 168 Å². The highest BCUT2D eigenvalue weighted by Crippen LogP contribution is 2.49. The maximum Gasteiger partial charge on any atom is 0.530 e. The summed E-state index contributed by atoms with van der Waals surface area (Å²) in [6.45, 7) is -2.56. The van der Waals surface area contributed by atoms with Crippen molar-refractivity contribution in [2.24, 2.45) is 0 Å². The van der Waals surface area contributed by atoms with Gasteiger partial charge in [0.1, 0.15) is 38.0 Å². The minimum absolute atomic E-state index is 0.0745. The van der Waals surface area contributed by atoms with Crippen molar-refractivity contribution in [3.05, 3.63) is 50.2 Å². The van der Waals surface area contributed by atoms with E-state index in [2.05, 4.69) is 0 Å². The summed E-state index contributed by atoms with van der Waals surface area (Å²) in [6, 6.07) is 4.23. The van der Waals surface area contributed by atoms with Crippen LogP contribution in [-0.4, -0.2) is 91.0 Å². The van der Waals surface area contributed by atoms with E-state index in [1.165, 1.54) is 14.2 Å². The lowest BCUT2D eigenvalue weighted by Gasteiger charge is -2.18. The van der Waals surface area contributed by atoms with Crippen LogP contribution >= 0.6 is 54.2 Å². The van der Waals surface area contributed by atoms with Crippen molar-refractivity contribution in [2.45, 2.75) is 0 Å². The first-order valence-corrected chi connectivity index (χ1v) is 14.9. The maximum absolute atomic E-state index is 13.3. The van der Waals surface area contributed by atoms with Crippen LogP contribution in [0.3, 0.4) is 0 Å². The number of ether oxygens (including phenoxy) is 6. The van der Waals surface area contributed by atoms with Gasteiger partial charge in [-0.1, -0.05) is 46.4 Å². The molecule has 1 aromatic carbocycles. The Bertz CT molecular complexity index is 1170. The Balaban J connectivity index is 2.75. The van der Waals surface area contributed by atoms with E-state index in [-0.39, 0.29) is 32.2 Å². The molecular weight excluding hydrogens is 704 g/mol. The number of carbonyl (C=O) groups excluding carboxylic acids is 4. The Morgan fingerprint density at radius 3 is 1.23 bits per heavy atom. The first-order valence-electron chi connectivity index (χ1n) is 12.0. The van der Waals surface area contributed by atoms with Gasteiger partial charge in [-0.25, -0.2) is 28.1 Å². The number of carbonyl (C=O) groups is 4. The molecule has 0 aromatic heterocycles. The van der Waals surface area contributed by atoms with Crippen LogP contribution in [0.1, 0.15) is 0 Å². The average molecular weight is 730 g/mol. The van der Waals surface area contributed by atoms with Crippen LogP contribution in [0.2, 0.25) is 0 Å². The number of hydrogen-bond donors (Lipinski definition) is 0. The third-order valence-electron chi connectivity index (χ3n) is 4.31. The molecule has 246 valence electrons. The molecule has 0 radical (unpaired) electrons. The number of rotatable bonds is 20. The van der Waals surface area contributed by atoms with Gasteiger partial charge in [-0.05, 0) is 24.3 Å². The molecule has 1 unspecified atom stereocenters. The molecule has 1 aromatic rings. The van der Waals surface area contributed by atoms with E-state index in [1.807, 2.05) is 0 Å². The van der Waals surface area contributed by atoms with Gasteiger partial charge in [-0.3, -0.25) is 9.05 Å². The summed E-state index contributed by atoms with van der Waals surface area (Å²) in [4.78, 5) is 47.8. The molecule has 0 aliphatic rings. The van der Waals surface area contributed by atoms with Crippen LogP contribution < -0.4 is 4.52 Å². The molecule has 0 heterocycles. The second-order valence-electron chi connectivity index (χ2n) is 7.44. The minimum Gasteiger partial charge on any atom is -0.459 e. The molecule has 20 heteroatoms. The molecule has 0 aliphatic heterocycles. The normalized spacial score (nSPS) is 13.5. The first-order chi connectivity index (χ1) is 20.8. The van der Waals surface area contributed by atoms with E-state index in [0.29, 0.717) is 0 Å². The molecule has 0 saturated carbocycles. The molecular formula is C24H26Cl4FO14P. The molecule has 1 atom stereocenters. The van der Waals surface area contributed by atoms with Gasteiger partial charge in [0.2, 0.25) is 0 Å². The minimum atomic E-state index is -4.54. The Kier molecular flexibility index (Phi) is 19.2. The Morgan fingerprint density at radius 2 is 0.909 bits per heavy atom. The third kappa shape index (κ3) is 15.0. The Morgan fingerprint density at radius 1 is 0.591 bits per heavy atom. The summed E-state index contributed by atoms with van der Waals surface area (Å²) in [7, 11) is -1.79. The van der Waals surface area contributed by atoms with Gasteiger partial charge >= 0.3 is 31.7 Å². The quantitative estimate of drug-likeness (QED) is 0.0616. The van der Waals surface area contributed by atoms with E-state index in [0.717, 1.165) is 24.3 Å². The molecule has 0 saturated heterocycles. The van der Waals surface area contributed by atoms with Crippen LogP contribution in [-0.2, 0) is 61.2 Å². The van der Waals surface area contributed by atoms with Gasteiger partial charge in [-0.15, -0.1) is 0 Å². The van der Waals surface area contributed by atoms with Gasteiger partial charge in [0, 0.05) is 14.2 Å². The van der Waals surface area contributed by atoms with E-state index in [1.54, 1.807) is 0 Å². The number of phosphoric ester groups is 1. The van der Waals surface area contributed by atoms with E-state index < -0.39 is 84.1 Å². The summed E-state index contributed by atoms with van der Waals surface area (Å²) >= 11 is 22.9. The average Bonchev–Trinajstić information content (AvgIpc) is 3.01. The molecule has 44 heavy (non-hydrogen) atoms. The largest absolute Gasteiger partial charge is 0.530 e. The molecule has 1 rings (SSSR count). The van der Waals surface area contributed by atoms with E-state index >= 15 is 0 Å². The summed E-state index contributed by atoms with van der Waals surface area (Å²) in [5.74, 6) is -5.44. The zero-order valence-corrected chi connectivity index (χ0v) is 26.9. The van der Waals surface area contributed by atoms with Crippen LogP contribution in [0, 0.1) is 5.82 Å². The van der Waals surface area contributed by atoms with Crippen molar-refractivity contribution in [1.29, 1.82) is 0 Å². The molecule has 0 fully saturated rings. The zero-order chi connectivity index (χ0) is 33.1. The third-order valence-corrected chi connectivity index (χ3v) is 7.30. The van der Waals surface area contributed by atoms with Crippen LogP contribution in [0.5, 0.6) is 5.75 Å². The van der Waals surface area contributed by atoms with Crippen LogP contribution in [0.25, 0.3) is 0 Å². The number of benzene rings is 1. The van der Waals surface area contributed by atoms with Gasteiger partial charge < -0.3 is 32.9 Å². The van der Waals surface area contributed by atoms with Gasteiger partial charge in [0.15, 0.2) is 20.1 Å². The van der Waals surface area contributed by atoms with Crippen LogP contribution in [0.15, 0.2) is 44.4 Å². The SMILES string of the molecule is COCCOC(=O)/C(Cl)=C(/Cl)C(=O)OCCOP(=O)(OCCOC(=O)/C(Cl)=C(\Cl)C(=O)OCCOC)Oc1ccc(F)cc1. The Labute approximate surface area is 270 Å². The number of hydrogen-bond acceptors (Lipinski definition) is 14. The number of phosphoric acid groups is 1. The van der Waals surface area contributed by atoms with Crippen LogP contribution in [0.4, 0.5) is 4.39 Å². The number of halogens is 5. The molecule has 0 spiro atoms. The van der Waals surface area contributed by atoms with Gasteiger partial charge in [0.05, 0.1) is 26.4 Å². The molecule has 0 N–H and O–H groups in total. The summed E-state index contributed by atoms with van der Waals surface area (Å²) in [5, 5.41) is -3.10. The number of methoxy groups -OCH3 is 2. The van der Waals surface area contributed by atoms with Crippen molar-refractivity contribution in [3.63, 3.8) is 0 Å². The predicted octanol–water partition coefficient (Wildman–Crippen LogP) is 4.19. The van der Waals surface area contributed by atoms with Crippen molar-refractivity contribution in [3.8, 4) is 5.75 Å². The van der Waals surface area contributed by atoms with E-state index in [9.17, 15) is 28.1 Å². The van der Waals surface area contributed by atoms with Gasteiger partial charge in [0.25, 0.3) is 0 Å². The van der Waals surface area contributed by atoms with Crippen molar-refractivity contribution in [2.75, 3.05) is 67.1 Å². The predicted molar refractivity (Wildman–Crippen MR) is 152 cm³/mol. The number of esters is 4. The first kappa shape index (κ1) is 39.6. The second kappa shape index (κ2) is 21.3. The standard InChI is InChI=1S/C24H26Cl4FO14P/c1-35-7-9-37-21(30)17(25)19(27)23(32)39-11-13-41-44(34,43-16-5-3-15(29)4-6-16)42-14-12-40-24(33)20(28)18(26)22(31)38-10-8-36-2/h3-6H,7-14H2,1-2H3/b19-17-,20-18+. The zero-order valence-electron chi connectivity index (χ0n) is 23.0. The molecule has 0 bridgehead atoms. The highest BCUT2D eigenvalue weighted by Gasteiger charge is 2.30. The van der Waals surface area contributed by atoms with Crippen molar-refractivity contribution < 1.29 is 70.1 Å². The van der Waals surface area contributed by atoms with Gasteiger partial charge in [-0.2, -0.15) is 0 Å². The monoisotopic (exact) mass is 728 g/mol. The smallest absolute Gasteiger partial charge is 0.459 e. The lowest BCUT2D eigenvalue weighted by molar-refractivity contribution is -0.142. The van der Waals surface area contributed by atoms with Crippen molar-refractivity contribution in [1.82, 2.24) is 0 Å². The highest BCUT2D eigenvalue weighted by atomic mass is 35.5. The van der Waals surface area contributed by atoms with Crippen molar-refractivity contribution >= 4 is 78.1 Å². The molecule has 0 amide bonds.